The number of rotatable bonds is 3. The lowest BCUT2D eigenvalue weighted by molar-refractivity contribution is 0.0947. The number of carbonyl (C=O) groups is 1. The summed E-state index contributed by atoms with van der Waals surface area (Å²) < 4.78 is 2.07. The third-order valence-electron chi connectivity index (χ3n) is 4.17. The number of fused-ring (bicyclic) bond motifs is 1. The van der Waals surface area contributed by atoms with Gasteiger partial charge in [0, 0.05) is 36.3 Å². The first-order chi connectivity index (χ1) is 9.24. The number of aromatic nitrogens is 1. The summed E-state index contributed by atoms with van der Waals surface area (Å²) in [6.45, 7) is 0.825. The first kappa shape index (κ1) is 12.3. The van der Waals surface area contributed by atoms with E-state index in [1.807, 2.05) is 37.5 Å². The monoisotopic (exact) mass is 256 g/mol. The minimum Gasteiger partial charge on any atom is -0.352 e. The molecule has 1 amide bonds. The van der Waals surface area contributed by atoms with Crippen molar-refractivity contribution in [1.29, 1.82) is 0 Å². The highest BCUT2D eigenvalue weighted by Gasteiger charge is 2.16. The molecule has 1 aromatic carbocycles. The molecular weight excluding hydrogens is 236 g/mol. The molecule has 0 saturated heterocycles. The van der Waals surface area contributed by atoms with E-state index < -0.39 is 0 Å². The maximum absolute atomic E-state index is 12.1. The Kier molecular flexibility index (Phi) is 3.28. The molecule has 1 aliphatic rings. The molecule has 1 heterocycles. The highest BCUT2D eigenvalue weighted by Crippen LogP contribution is 2.24. The minimum atomic E-state index is 0.0534. The van der Waals surface area contributed by atoms with Gasteiger partial charge >= 0.3 is 0 Å². The van der Waals surface area contributed by atoms with Crippen molar-refractivity contribution in [1.82, 2.24) is 9.88 Å². The number of hydrogen-bond donors (Lipinski definition) is 1. The van der Waals surface area contributed by atoms with Gasteiger partial charge in [-0.25, -0.2) is 0 Å². The molecule has 1 aromatic heterocycles. The third kappa shape index (κ3) is 2.50. The van der Waals surface area contributed by atoms with E-state index in [-0.39, 0.29) is 5.91 Å². The van der Waals surface area contributed by atoms with Crippen LogP contribution in [0.1, 0.15) is 36.0 Å². The van der Waals surface area contributed by atoms with Gasteiger partial charge in [-0.05, 0) is 43.0 Å². The van der Waals surface area contributed by atoms with Crippen LogP contribution in [-0.4, -0.2) is 17.0 Å². The molecule has 1 saturated carbocycles. The molecule has 0 radical (unpaired) electrons. The number of benzene rings is 1. The first-order valence-corrected chi connectivity index (χ1v) is 7.07. The van der Waals surface area contributed by atoms with Crippen molar-refractivity contribution in [3.63, 3.8) is 0 Å². The fraction of sp³-hybridized carbons (Fsp3) is 0.438. The Hall–Kier alpha value is -1.77. The lowest BCUT2D eigenvalue weighted by atomic mass is 10.1. The molecule has 3 nitrogen and oxygen atoms in total. The lowest BCUT2D eigenvalue weighted by Gasteiger charge is -2.10. The second-order valence-corrected chi connectivity index (χ2v) is 5.56. The Balaban J connectivity index is 1.70. The molecule has 2 aromatic rings. The summed E-state index contributed by atoms with van der Waals surface area (Å²) in [5.41, 5.74) is 1.92. The average Bonchev–Trinajstić information content (AvgIpc) is 3.06. The second-order valence-electron chi connectivity index (χ2n) is 5.56. The SMILES string of the molecule is Cn1ccc2cc(C(=O)NCC3CCCC3)ccc21. The maximum Gasteiger partial charge on any atom is 0.251 e. The van der Waals surface area contributed by atoms with Crippen molar-refractivity contribution in [3.05, 3.63) is 36.0 Å². The normalized spacial score (nSPS) is 16.1. The Morgan fingerprint density at radius 3 is 2.89 bits per heavy atom. The summed E-state index contributed by atoms with van der Waals surface area (Å²) in [4.78, 5) is 12.1. The molecule has 3 rings (SSSR count). The highest BCUT2D eigenvalue weighted by atomic mass is 16.1. The van der Waals surface area contributed by atoms with E-state index in [0.29, 0.717) is 5.92 Å². The van der Waals surface area contributed by atoms with Gasteiger partial charge in [0.05, 0.1) is 0 Å². The lowest BCUT2D eigenvalue weighted by Crippen LogP contribution is -2.28. The maximum atomic E-state index is 12.1. The molecular formula is C16H20N2O. The van der Waals surface area contributed by atoms with Gasteiger partial charge in [-0.15, -0.1) is 0 Å². The second kappa shape index (κ2) is 5.08. The van der Waals surface area contributed by atoms with Crippen LogP contribution in [0, 0.1) is 5.92 Å². The summed E-state index contributed by atoms with van der Waals surface area (Å²) in [6, 6.07) is 7.94. The van der Waals surface area contributed by atoms with E-state index >= 15 is 0 Å². The van der Waals surface area contributed by atoms with E-state index in [9.17, 15) is 4.79 Å². The Morgan fingerprint density at radius 1 is 1.32 bits per heavy atom. The van der Waals surface area contributed by atoms with Crippen LogP contribution < -0.4 is 5.32 Å². The van der Waals surface area contributed by atoms with E-state index in [1.54, 1.807) is 0 Å². The molecule has 0 atom stereocenters. The number of carbonyl (C=O) groups excluding carboxylic acids is 1. The molecule has 0 spiro atoms. The fourth-order valence-electron chi connectivity index (χ4n) is 2.98. The molecule has 0 unspecified atom stereocenters. The Bertz CT molecular complexity index is 594. The number of nitrogens with zero attached hydrogens (tertiary/aromatic N) is 1. The van der Waals surface area contributed by atoms with Crippen molar-refractivity contribution in [2.24, 2.45) is 13.0 Å². The van der Waals surface area contributed by atoms with Crippen LogP contribution in [0.5, 0.6) is 0 Å². The van der Waals surface area contributed by atoms with Crippen LogP contribution in [0.3, 0.4) is 0 Å². The predicted molar refractivity (Wildman–Crippen MR) is 77.2 cm³/mol. The summed E-state index contributed by atoms with van der Waals surface area (Å²) in [5, 5.41) is 4.19. The molecule has 0 bridgehead atoms. The molecule has 1 N–H and O–H groups in total. The average molecular weight is 256 g/mol. The summed E-state index contributed by atoms with van der Waals surface area (Å²) in [7, 11) is 2.02. The molecule has 3 heteroatoms. The van der Waals surface area contributed by atoms with E-state index in [2.05, 4.69) is 9.88 Å². The van der Waals surface area contributed by atoms with Crippen molar-refractivity contribution in [2.75, 3.05) is 6.54 Å². The predicted octanol–water partition coefficient (Wildman–Crippen LogP) is 3.10. The standard InChI is InChI=1S/C16H20N2O/c1-18-9-8-13-10-14(6-7-15(13)18)16(19)17-11-12-4-2-3-5-12/h6-10,12H,2-5,11H2,1H3,(H,17,19). The van der Waals surface area contributed by atoms with Gasteiger partial charge in [0.1, 0.15) is 0 Å². The highest BCUT2D eigenvalue weighted by molar-refractivity contribution is 5.98. The molecule has 1 aliphatic carbocycles. The quantitative estimate of drug-likeness (QED) is 0.899. The zero-order valence-electron chi connectivity index (χ0n) is 11.4. The van der Waals surface area contributed by atoms with Crippen molar-refractivity contribution in [2.45, 2.75) is 25.7 Å². The van der Waals surface area contributed by atoms with E-state index in [0.717, 1.165) is 23.0 Å². The zero-order chi connectivity index (χ0) is 13.2. The number of aryl methyl sites for hydroxylation is 1. The number of nitrogens with one attached hydrogen (secondary N) is 1. The molecule has 100 valence electrons. The van der Waals surface area contributed by atoms with Gasteiger partial charge in [-0.2, -0.15) is 0 Å². The number of hydrogen-bond acceptors (Lipinski definition) is 1. The zero-order valence-corrected chi connectivity index (χ0v) is 11.4. The molecule has 0 aliphatic heterocycles. The van der Waals surface area contributed by atoms with Crippen LogP contribution in [0.4, 0.5) is 0 Å². The topological polar surface area (TPSA) is 34.0 Å². The van der Waals surface area contributed by atoms with Gasteiger partial charge in [0.25, 0.3) is 5.91 Å². The summed E-state index contributed by atoms with van der Waals surface area (Å²) in [6.07, 6.45) is 7.17. The van der Waals surface area contributed by atoms with Crippen LogP contribution in [0.15, 0.2) is 30.5 Å². The van der Waals surface area contributed by atoms with Crippen LogP contribution in [0.2, 0.25) is 0 Å². The van der Waals surface area contributed by atoms with Gasteiger partial charge in [0.15, 0.2) is 0 Å². The van der Waals surface area contributed by atoms with Crippen molar-refractivity contribution in [3.8, 4) is 0 Å². The van der Waals surface area contributed by atoms with Crippen LogP contribution >= 0.6 is 0 Å². The van der Waals surface area contributed by atoms with Gasteiger partial charge in [0.2, 0.25) is 0 Å². The van der Waals surface area contributed by atoms with Gasteiger partial charge in [-0.3, -0.25) is 4.79 Å². The largest absolute Gasteiger partial charge is 0.352 e. The van der Waals surface area contributed by atoms with Crippen LogP contribution in [0.25, 0.3) is 10.9 Å². The van der Waals surface area contributed by atoms with Crippen LogP contribution in [-0.2, 0) is 7.05 Å². The minimum absolute atomic E-state index is 0.0534. The Morgan fingerprint density at radius 2 is 2.11 bits per heavy atom. The van der Waals surface area contributed by atoms with Crippen molar-refractivity contribution >= 4 is 16.8 Å². The smallest absolute Gasteiger partial charge is 0.251 e. The van der Waals surface area contributed by atoms with Crippen molar-refractivity contribution < 1.29 is 4.79 Å². The third-order valence-corrected chi connectivity index (χ3v) is 4.17. The summed E-state index contributed by atoms with van der Waals surface area (Å²) >= 11 is 0. The Labute approximate surface area is 113 Å². The number of amides is 1. The molecule has 19 heavy (non-hydrogen) atoms. The first-order valence-electron chi connectivity index (χ1n) is 7.07. The molecule has 1 fully saturated rings. The fourth-order valence-corrected chi connectivity index (χ4v) is 2.98. The van der Waals surface area contributed by atoms with Gasteiger partial charge < -0.3 is 9.88 Å². The van der Waals surface area contributed by atoms with Gasteiger partial charge in [-0.1, -0.05) is 12.8 Å². The van der Waals surface area contributed by atoms with E-state index in [1.165, 1.54) is 25.7 Å². The summed E-state index contributed by atoms with van der Waals surface area (Å²) in [5.74, 6) is 0.738. The van der Waals surface area contributed by atoms with E-state index in [4.69, 9.17) is 0 Å².